The topological polar surface area (TPSA) is 98.2 Å². The Balaban J connectivity index is 3.38. The maximum atomic E-state index is 11.1. The Morgan fingerprint density at radius 1 is 0.857 bits per heavy atom. The smallest absolute Gasteiger partial charge is 0.235 e. The molecule has 0 saturated heterocycles. The molecule has 0 spiro atoms. The third-order valence-corrected chi connectivity index (χ3v) is 3.67. The highest BCUT2D eigenvalue weighted by Crippen LogP contribution is 2.10. The molecule has 5 nitrogen and oxygen atoms in total. The molecule has 124 valence electrons. The lowest BCUT2D eigenvalue weighted by molar-refractivity contribution is -0.125. The Hall–Kier alpha value is -1.10. The summed E-state index contributed by atoms with van der Waals surface area (Å²) in [4.78, 5) is 21.9. The molecule has 21 heavy (non-hydrogen) atoms. The van der Waals surface area contributed by atoms with Crippen LogP contribution in [0, 0.1) is 0 Å². The molecule has 5 heteroatoms. The van der Waals surface area contributed by atoms with E-state index >= 15 is 0 Å². The van der Waals surface area contributed by atoms with Gasteiger partial charge in [0, 0.05) is 0 Å². The number of nitrogens with one attached hydrogen (secondary N) is 1. The number of carbonyl (C=O) groups excluding carboxylic acids is 2. The first-order valence-electron chi connectivity index (χ1n) is 8.39. The van der Waals surface area contributed by atoms with E-state index in [1.54, 1.807) is 0 Å². The summed E-state index contributed by atoms with van der Waals surface area (Å²) in [6.07, 6.45) is 12.7. The molecule has 0 radical (unpaired) electrons. The summed E-state index contributed by atoms with van der Waals surface area (Å²) in [5.41, 5.74) is 10.3. The minimum absolute atomic E-state index is 0.0207. The van der Waals surface area contributed by atoms with Crippen LogP contribution >= 0.6 is 0 Å². The zero-order valence-electron chi connectivity index (χ0n) is 13.5. The van der Waals surface area contributed by atoms with Gasteiger partial charge in [0.2, 0.25) is 11.8 Å². The van der Waals surface area contributed by atoms with Gasteiger partial charge in [-0.25, -0.2) is 0 Å². The summed E-state index contributed by atoms with van der Waals surface area (Å²) < 4.78 is 0. The molecule has 0 bridgehead atoms. The summed E-state index contributed by atoms with van der Waals surface area (Å²) in [5.74, 6) is -1.02. The summed E-state index contributed by atoms with van der Waals surface area (Å²) in [6, 6.07) is -0.624. The number of amides is 2. The lowest BCUT2D eigenvalue weighted by Gasteiger charge is -2.13. The molecule has 0 aliphatic rings. The molecule has 0 unspecified atom stereocenters. The van der Waals surface area contributed by atoms with E-state index in [1.165, 1.54) is 51.4 Å². The third-order valence-electron chi connectivity index (χ3n) is 3.67. The molecule has 5 N–H and O–H groups in total. The van der Waals surface area contributed by atoms with Crippen molar-refractivity contribution in [1.82, 2.24) is 5.32 Å². The van der Waals surface area contributed by atoms with Gasteiger partial charge in [-0.05, 0) is 13.0 Å². The molecule has 0 heterocycles. The van der Waals surface area contributed by atoms with Gasteiger partial charge >= 0.3 is 0 Å². The van der Waals surface area contributed by atoms with Gasteiger partial charge in [-0.1, -0.05) is 64.7 Å². The van der Waals surface area contributed by atoms with Crippen molar-refractivity contribution in [2.75, 3.05) is 6.54 Å². The first-order chi connectivity index (χ1) is 10.1. The summed E-state index contributed by atoms with van der Waals surface area (Å²) in [7, 11) is 0. The van der Waals surface area contributed by atoms with Crippen LogP contribution in [0.5, 0.6) is 0 Å². The van der Waals surface area contributed by atoms with E-state index in [-0.39, 0.29) is 6.42 Å². The van der Waals surface area contributed by atoms with Crippen molar-refractivity contribution in [2.24, 2.45) is 11.5 Å². The van der Waals surface area contributed by atoms with Crippen molar-refractivity contribution in [1.29, 1.82) is 0 Å². The summed E-state index contributed by atoms with van der Waals surface area (Å²) in [6.45, 7) is 2.94. The number of carbonyl (C=O) groups is 2. The Morgan fingerprint density at radius 3 is 1.76 bits per heavy atom. The molecule has 0 aromatic rings. The van der Waals surface area contributed by atoms with E-state index in [1.807, 2.05) is 0 Å². The first-order valence-corrected chi connectivity index (χ1v) is 8.39. The minimum atomic E-state index is -0.624. The van der Waals surface area contributed by atoms with Crippen LogP contribution in [0.2, 0.25) is 0 Å². The van der Waals surface area contributed by atoms with Gasteiger partial charge in [-0.15, -0.1) is 0 Å². The van der Waals surface area contributed by atoms with Crippen LogP contribution < -0.4 is 16.8 Å². The molecule has 1 atom stereocenters. The van der Waals surface area contributed by atoms with Crippen molar-refractivity contribution in [3.63, 3.8) is 0 Å². The van der Waals surface area contributed by atoms with E-state index in [4.69, 9.17) is 11.5 Å². The van der Waals surface area contributed by atoms with Gasteiger partial charge in [-0.2, -0.15) is 0 Å². The fourth-order valence-corrected chi connectivity index (χ4v) is 2.36. The van der Waals surface area contributed by atoms with Crippen LogP contribution in [0.15, 0.2) is 0 Å². The zero-order valence-corrected chi connectivity index (χ0v) is 13.5. The largest absolute Gasteiger partial charge is 0.370 e. The maximum absolute atomic E-state index is 11.1. The van der Waals surface area contributed by atoms with Gasteiger partial charge in [0.05, 0.1) is 12.5 Å². The SMILES string of the molecule is CCCCCCCCCCCCN[C@@H](CC(N)=O)C(N)=O. The van der Waals surface area contributed by atoms with E-state index in [0.717, 1.165) is 12.8 Å². The predicted molar refractivity (Wildman–Crippen MR) is 86.6 cm³/mol. The molecule has 2 amide bonds. The Labute approximate surface area is 129 Å². The average Bonchev–Trinajstić information content (AvgIpc) is 2.42. The van der Waals surface area contributed by atoms with Crippen molar-refractivity contribution >= 4 is 11.8 Å². The molecule has 0 aromatic heterocycles. The van der Waals surface area contributed by atoms with Crippen molar-refractivity contribution < 1.29 is 9.59 Å². The highest BCUT2D eigenvalue weighted by atomic mass is 16.2. The quantitative estimate of drug-likeness (QED) is 0.404. The number of hydrogen-bond donors (Lipinski definition) is 3. The Kier molecular flexibility index (Phi) is 13.1. The second-order valence-electron chi connectivity index (χ2n) is 5.76. The molecular weight excluding hydrogens is 266 g/mol. The Bertz CT molecular complexity index is 283. The van der Waals surface area contributed by atoms with Gasteiger partial charge < -0.3 is 16.8 Å². The number of nitrogens with two attached hydrogens (primary N) is 2. The number of unbranched alkanes of at least 4 members (excludes halogenated alkanes) is 9. The first kappa shape index (κ1) is 19.9. The van der Waals surface area contributed by atoms with E-state index < -0.39 is 17.9 Å². The third kappa shape index (κ3) is 13.6. The van der Waals surface area contributed by atoms with Crippen molar-refractivity contribution in [2.45, 2.75) is 83.6 Å². The standard InChI is InChI=1S/C16H33N3O2/c1-2-3-4-5-6-7-8-9-10-11-12-19-14(16(18)21)13-15(17)20/h14,19H,2-13H2,1H3,(H2,17,20)(H2,18,21)/t14-/m0/s1. The number of hydrogen-bond acceptors (Lipinski definition) is 3. The van der Waals surface area contributed by atoms with Crippen LogP contribution in [0.3, 0.4) is 0 Å². The maximum Gasteiger partial charge on any atom is 0.235 e. The highest BCUT2D eigenvalue weighted by Gasteiger charge is 2.16. The summed E-state index contributed by atoms with van der Waals surface area (Å²) >= 11 is 0. The molecule has 0 aliphatic carbocycles. The second kappa shape index (κ2) is 13.9. The van der Waals surface area contributed by atoms with Crippen LogP contribution in [-0.4, -0.2) is 24.4 Å². The normalized spacial score (nSPS) is 12.2. The monoisotopic (exact) mass is 299 g/mol. The number of rotatable bonds is 15. The minimum Gasteiger partial charge on any atom is -0.370 e. The van der Waals surface area contributed by atoms with Crippen molar-refractivity contribution in [3.8, 4) is 0 Å². The number of primary amides is 2. The lowest BCUT2D eigenvalue weighted by atomic mass is 10.1. The van der Waals surface area contributed by atoms with Crippen LogP contribution in [0.4, 0.5) is 0 Å². The average molecular weight is 299 g/mol. The molecule has 0 saturated carbocycles. The fourth-order valence-electron chi connectivity index (χ4n) is 2.36. The van der Waals surface area contributed by atoms with Gasteiger partial charge in [0.25, 0.3) is 0 Å². The lowest BCUT2D eigenvalue weighted by Crippen LogP contribution is -2.44. The molecule has 0 fully saturated rings. The summed E-state index contributed by atoms with van der Waals surface area (Å²) in [5, 5.41) is 3.00. The predicted octanol–water partition coefficient (Wildman–Crippen LogP) is 2.23. The van der Waals surface area contributed by atoms with Crippen LogP contribution in [0.25, 0.3) is 0 Å². The van der Waals surface area contributed by atoms with Crippen LogP contribution in [0.1, 0.15) is 77.6 Å². The zero-order chi connectivity index (χ0) is 15.9. The van der Waals surface area contributed by atoms with E-state index in [9.17, 15) is 9.59 Å². The van der Waals surface area contributed by atoms with Crippen molar-refractivity contribution in [3.05, 3.63) is 0 Å². The van der Waals surface area contributed by atoms with E-state index in [0.29, 0.717) is 6.54 Å². The molecule has 0 aromatic carbocycles. The molecule has 0 aliphatic heterocycles. The molecular formula is C16H33N3O2. The van der Waals surface area contributed by atoms with Gasteiger partial charge in [-0.3, -0.25) is 9.59 Å². The molecule has 0 rings (SSSR count). The fraction of sp³-hybridized carbons (Fsp3) is 0.875. The van der Waals surface area contributed by atoms with E-state index in [2.05, 4.69) is 12.2 Å². The Morgan fingerprint density at radius 2 is 1.33 bits per heavy atom. The van der Waals surface area contributed by atoms with Crippen LogP contribution in [-0.2, 0) is 9.59 Å². The van der Waals surface area contributed by atoms with Gasteiger partial charge in [0.15, 0.2) is 0 Å². The second-order valence-corrected chi connectivity index (χ2v) is 5.76. The highest BCUT2D eigenvalue weighted by molar-refractivity contribution is 5.86. The van der Waals surface area contributed by atoms with Gasteiger partial charge in [0.1, 0.15) is 0 Å².